The van der Waals surface area contributed by atoms with Gasteiger partial charge in [0.05, 0.1) is 5.69 Å². The topological polar surface area (TPSA) is 73.9 Å². The molecule has 27 heavy (non-hydrogen) atoms. The summed E-state index contributed by atoms with van der Waals surface area (Å²) in [5, 5.41) is 29.8. The average Bonchev–Trinajstić information content (AvgIpc) is 2.79. The molecule has 2 aromatic rings. The molecule has 1 atom stereocenters. The lowest BCUT2D eigenvalue weighted by molar-refractivity contribution is -0.560. The zero-order chi connectivity index (χ0) is 19.8. The second-order valence-electron chi connectivity index (χ2n) is 7.58. The minimum absolute atomic E-state index is 0.457. The summed E-state index contributed by atoms with van der Waals surface area (Å²) in [5.74, 6) is 0. The van der Waals surface area contributed by atoms with E-state index in [-0.39, 0.29) is 0 Å². The van der Waals surface area contributed by atoms with Crippen molar-refractivity contribution in [2.24, 2.45) is 5.10 Å². The van der Waals surface area contributed by atoms with Crippen LogP contribution in [0, 0.1) is 12.1 Å². The Morgan fingerprint density at radius 3 is 2.26 bits per heavy atom. The quantitative estimate of drug-likeness (QED) is 0.371. The van der Waals surface area contributed by atoms with Gasteiger partial charge < -0.3 is 10.4 Å². The SMILES string of the molecule is C/C(=N\Nc1ccccc1)C1(C)N(O)C(C)(C)C(c2ccc(C)cc2)=[N+]1[O-]. The van der Waals surface area contributed by atoms with Crippen LogP contribution in [0.2, 0.25) is 0 Å². The monoisotopic (exact) mass is 366 g/mol. The molecule has 3 rings (SSSR count). The minimum Gasteiger partial charge on any atom is -0.622 e. The van der Waals surface area contributed by atoms with E-state index in [0.717, 1.165) is 26.6 Å². The summed E-state index contributed by atoms with van der Waals surface area (Å²) in [6.45, 7) is 9.07. The number of anilines is 1. The van der Waals surface area contributed by atoms with E-state index in [0.29, 0.717) is 11.4 Å². The van der Waals surface area contributed by atoms with Gasteiger partial charge in [-0.1, -0.05) is 35.9 Å². The standard InChI is InChI=1S/C21H26N4O2/c1-15-11-13-17(14-12-15)19-20(3,4)25(27)21(5,24(19)26)16(2)22-23-18-9-7-6-8-10-18/h6-14,23,27H,1-5H3/b22-16+. The van der Waals surface area contributed by atoms with Crippen molar-refractivity contribution in [3.8, 4) is 0 Å². The summed E-state index contributed by atoms with van der Waals surface area (Å²) in [4.78, 5) is 0. The molecule has 0 saturated carbocycles. The number of nitrogens with zero attached hydrogens (tertiary/aromatic N) is 3. The molecule has 6 heteroatoms. The molecule has 1 aliphatic rings. The number of para-hydroxylation sites is 1. The van der Waals surface area contributed by atoms with Crippen molar-refractivity contribution in [2.45, 2.75) is 45.8 Å². The molecule has 1 heterocycles. The first-order valence-electron chi connectivity index (χ1n) is 8.96. The van der Waals surface area contributed by atoms with Crippen LogP contribution in [0.4, 0.5) is 5.69 Å². The molecule has 0 radical (unpaired) electrons. The maximum absolute atomic E-state index is 13.4. The average molecular weight is 366 g/mol. The van der Waals surface area contributed by atoms with E-state index in [2.05, 4.69) is 10.5 Å². The van der Waals surface area contributed by atoms with Gasteiger partial charge in [0.25, 0.3) is 5.66 Å². The molecule has 0 aliphatic carbocycles. The number of hydrogen-bond donors (Lipinski definition) is 2. The Balaban J connectivity index is 2.04. The van der Waals surface area contributed by atoms with Gasteiger partial charge in [0, 0.05) is 12.5 Å². The normalized spacial score (nSPS) is 23.0. The van der Waals surface area contributed by atoms with Crippen molar-refractivity contribution < 1.29 is 9.95 Å². The fourth-order valence-corrected chi connectivity index (χ4v) is 3.45. The van der Waals surface area contributed by atoms with E-state index in [4.69, 9.17) is 0 Å². The van der Waals surface area contributed by atoms with Crippen molar-refractivity contribution in [2.75, 3.05) is 5.43 Å². The van der Waals surface area contributed by atoms with Gasteiger partial charge >= 0.3 is 0 Å². The second-order valence-corrected chi connectivity index (χ2v) is 7.58. The van der Waals surface area contributed by atoms with Crippen LogP contribution < -0.4 is 5.43 Å². The van der Waals surface area contributed by atoms with Crippen LogP contribution >= 0.6 is 0 Å². The predicted octanol–water partition coefficient (Wildman–Crippen LogP) is 3.98. The Labute approximate surface area is 160 Å². The number of rotatable bonds is 4. The van der Waals surface area contributed by atoms with E-state index >= 15 is 0 Å². The number of aryl methyl sites for hydroxylation is 1. The van der Waals surface area contributed by atoms with Gasteiger partial charge in [-0.2, -0.15) is 9.84 Å². The molecule has 1 unspecified atom stereocenters. The molecule has 2 N–H and O–H groups in total. The van der Waals surface area contributed by atoms with Crippen LogP contribution in [0.1, 0.15) is 38.8 Å². The van der Waals surface area contributed by atoms with E-state index in [1.807, 2.05) is 75.4 Å². The fraction of sp³-hybridized carbons (Fsp3) is 0.333. The first-order chi connectivity index (χ1) is 12.7. The molecule has 0 spiro atoms. The van der Waals surface area contributed by atoms with Crippen LogP contribution in [0.3, 0.4) is 0 Å². The summed E-state index contributed by atoms with van der Waals surface area (Å²) in [7, 11) is 0. The molecule has 0 saturated heterocycles. The van der Waals surface area contributed by atoms with Crippen LogP contribution in [0.25, 0.3) is 0 Å². The van der Waals surface area contributed by atoms with Crippen LogP contribution in [-0.2, 0) is 0 Å². The van der Waals surface area contributed by atoms with E-state index in [1.165, 1.54) is 0 Å². The molecule has 0 fully saturated rings. The van der Waals surface area contributed by atoms with Crippen LogP contribution in [-0.4, -0.2) is 37.6 Å². The predicted molar refractivity (Wildman–Crippen MR) is 108 cm³/mol. The van der Waals surface area contributed by atoms with Gasteiger partial charge in [-0.25, -0.2) is 0 Å². The third-order valence-corrected chi connectivity index (χ3v) is 5.26. The van der Waals surface area contributed by atoms with E-state index in [9.17, 15) is 10.4 Å². The van der Waals surface area contributed by atoms with Crippen LogP contribution in [0.5, 0.6) is 0 Å². The minimum atomic E-state index is -1.33. The molecule has 0 bridgehead atoms. The third kappa shape index (κ3) is 3.11. The Morgan fingerprint density at radius 1 is 1.07 bits per heavy atom. The first-order valence-corrected chi connectivity index (χ1v) is 8.96. The molecular formula is C21H26N4O2. The van der Waals surface area contributed by atoms with Crippen molar-refractivity contribution in [3.05, 3.63) is 70.9 Å². The van der Waals surface area contributed by atoms with Gasteiger partial charge in [0.15, 0.2) is 0 Å². The van der Waals surface area contributed by atoms with Gasteiger partial charge in [-0.05, 0) is 52.0 Å². The van der Waals surface area contributed by atoms with E-state index < -0.39 is 11.2 Å². The largest absolute Gasteiger partial charge is 0.622 e. The molecule has 2 aromatic carbocycles. The molecule has 6 nitrogen and oxygen atoms in total. The van der Waals surface area contributed by atoms with Crippen molar-refractivity contribution in [3.63, 3.8) is 0 Å². The lowest BCUT2D eigenvalue weighted by Crippen LogP contribution is -2.57. The van der Waals surface area contributed by atoms with Crippen molar-refractivity contribution in [1.29, 1.82) is 0 Å². The Hall–Kier alpha value is -2.70. The van der Waals surface area contributed by atoms with Gasteiger partial charge in [0.2, 0.25) is 5.71 Å². The lowest BCUT2D eigenvalue weighted by Gasteiger charge is -2.32. The van der Waals surface area contributed by atoms with Gasteiger partial charge in [-0.15, -0.1) is 5.06 Å². The highest BCUT2D eigenvalue weighted by Crippen LogP contribution is 2.36. The summed E-state index contributed by atoms with van der Waals surface area (Å²) >= 11 is 0. The highest BCUT2D eigenvalue weighted by atomic mass is 16.6. The molecule has 1 aliphatic heterocycles. The molecule has 0 aromatic heterocycles. The van der Waals surface area contributed by atoms with Crippen molar-refractivity contribution >= 4 is 17.1 Å². The van der Waals surface area contributed by atoms with Gasteiger partial charge in [0.1, 0.15) is 11.3 Å². The number of benzene rings is 2. The Bertz CT molecular complexity index is 888. The maximum Gasteiger partial charge on any atom is 0.289 e. The smallest absolute Gasteiger partial charge is 0.289 e. The highest BCUT2D eigenvalue weighted by molar-refractivity contribution is 6.06. The van der Waals surface area contributed by atoms with Crippen LogP contribution in [0.15, 0.2) is 59.7 Å². The second kappa shape index (κ2) is 6.79. The summed E-state index contributed by atoms with van der Waals surface area (Å²) in [5.41, 5.74) is 4.41. The fourth-order valence-electron chi connectivity index (χ4n) is 3.45. The lowest BCUT2D eigenvalue weighted by atomic mass is 9.92. The molecule has 142 valence electrons. The van der Waals surface area contributed by atoms with Gasteiger partial charge in [-0.3, -0.25) is 5.43 Å². The molecular weight excluding hydrogens is 340 g/mol. The summed E-state index contributed by atoms with van der Waals surface area (Å²) in [6.07, 6.45) is 0. The number of hydrazone groups is 1. The zero-order valence-electron chi connectivity index (χ0n) is 16.4. The number of hydroxylamine groups is 3. The highest BCUT2D eigenvalue weighted by Gasteiger charge is 2.61. The maximum atomic E-state index is 13.4. The van der Waals surface area contributed by atoms with E-state index in [1.54, 1.807) is 13.8 Å². The Morgan fingerprint density at radius 2 is 1.67 bits per heavy atom. The summed E-state index contributed by atoms with van der Waals surface area (Å²) in [6, 6.07) is 17.2. The summed E-state index contributed by atoms with van der Waals surface area (Å²) < 4.78 is 0.864. The molecule has 0 amide bonds. The number of hydrogen-bond acceptors (Lipinski definition) is 5. The number of nitrogens with one attached hydrogen (secondary N) is 1. The zero-order valence-corrected chi connectivity index (χ0v) is 16.4. The third-order valence-electron chi connectivity index (χ3n) is 5.26. The first kappa shape index (κ1) is 19.1. The Kier molecular flexibility index (Phi) is 4.80. The van der Waals surface area contributed by atoms with Crippen molar-refractivity contribution in [1.82, 2.24) is 5.06 Å².